The van der Waals surface area contributed by atoms with Gasteiger partial charge in [0.1, 0.15) is 6.10 Å². The number of unbranched alkanes of at least 4 members (excludes halogenated alkanes) is 2. The third-order valence-corrected chi connectivity index (χ3v) is 4.40. The van der Waals surface area contributed by atoms with Crippen LogP contribution in [0.25, 0.3) is 0 Å². The number of hydrogen-bond donors (Lipinski definition) is 1. The molecule has 176 valence electrons. The molecule has 0 rings (SSSR count). The van der Waals surface area contributed by atoms with Crippen LogP contribution in [0.4, 0.5) is 0 Å². The normalized spacial score (nSPS) is 14.1. The van der Waals surface area contributed by atoms with Crippen LogP contribution in [0.2, 0.25) is 0 Å². The monoisotopic (exact) mass is 429 g/mol. The molecule has 0 saturated heterocycles. The maximum absolute atomic E-state index is 12.1. The molecule has 0 aliphatic rings. The van der Waals surface area contributed by atoms with Crippen molar-refractivity contribution >= 4 is 5.91 Å². The first-order valence-corrected chi connectivity index (χ1v) is 12.1. The zero-order valence-electron chi connectivity index (χ0n) is 20.7. The molecule has 0 aliphatic heterocycles. The van der Waals surface area contributed by atoms with E-state index in [1.807, 2.05) is 27.7 Å². The Labute approximate surface area is 192 Å². The zero-order chi connectivity index (χ0) is 23.2. The van der Waals surface area contributed by atoms with Crippen molar-refractivity contribution in [2.45, 2.75) is 104 Å². The number of ether oxygens (including phenoxy) is 1. The van der Waals surface area contributed by atoms with E-state index in [0.717, 1.165) is 51.4 Å². The van der Waals surface area contributed by atoms with Crippen LogP contribution in [-0.4, -0.2) is 24.2 Å². The Morgan fingerprint density at radius 3 is 1.71 bits per heavy atom. The molecular formula is C28H47NO2. The molecule has 0 aromatic carbocycles. The molecule has 3 heteroatoms. The number of hydrogen-bond acceptors (Lipinski definition) is 2. The Morgan fingerprint density at radius 1 is 0.774 bits per heavy atom. The molecule has 1 atom stereocenters. The summed E-state index contributed by atoms with van der Waals surface area (Å²) >= 11 is 0. The summed E-state index contributed by atoms with van der Waals surface area (Å²) in [7, 11) is 0. The first kappa shape index (κ1) is 29.1. The molecule has 0 aliphatic carbocycles. The maximum atomic E-state index is 12.1. The van der Waals surface area contributed by atoms with E-state index < -0.39 is 0 Å². The van der Waals surface area contributed by atoms with Crippen LogP contribution in [0.15, 0.2) is 60.8 Å². The van der Waals surface area contributed by atoms with E-state index in [-0.39, 0.29) is 17.6 Å². The number of carbonyl (C=O) groups is 1. The van der Waals surface area contributed by atoms with Crippen LogP contribution in [0.3, 0.4) is 0 Å². The lowest BCUT2D eigenvalue weighted by molar-refractivity contribution is -0.134. The minimum Gasteiger partial charge on any atom is -0.368 e. The second kappa shape index (κ2) is 20.1. The van der Waals surface area contributed by atoms with Gasteiger partial charge in [0, 0.05) is 12.1 Å². The molecule has 1 amide bonds. The van der Waals surface area contributed by atoms with Gasteiger partial charge in [-0.25, -0.2) is 0 Å². The van der Waals surface area contributed by atoms with Gasteiger partial charge >= 0.3 is 0 Å². The molecule has 31 heavy (non-hydrogen) atoms. The van der Waals surface area contributed by atoms with Crippen LogP contribution in [-0.2, 0) is 9.53 Å². The van der Waals surface area contributed by atoms with Gasteiger partial charge in [-0.15, -0.1) is 0 Å². The van der Waals surface area contributed by atoms with Crippen LogP contribution >= 0.6 is 0 Å². The standard InChI is InChI=1S/C28H47NO2/c1-6-8-9-10-11-12-13-14-15-16-17-18-19-20-21-22-23-24-25-31-26(7-2)27(30)29-28(3,4)5/h8-9,11-12,14-15,17-18,20-21,26H,6-7,10,13,16,19,22-25H2,1-5H3,(H,29,30)/b9-8-,12-11-,15-14-,18-17-,21-20-. The fourth-order valence-corrected chi connectivity index (χ4v) is 2.79. The predicted molar refractivity (Wildman–Crippen MR) is 136 cm³/mol. The summed E-state index contributed by atoms with van der Waals surface area (Å²) in [6, 6.07) is 0. The molecule has 0 radical (unpaired) electrons. The van der Waals surface area contributed by atoms with E-state index in [9.17, 15) is 4.79 Å². The molecule has 3 nitrogen and oxygen atoms in total. The number of rotatable bonds is 17. The third-order valence-electron chi connectivity index (χ3n) is 4.40. The number of amides is 1. The third kappa shape index (κ3) is 21.2. The van der Waals surface area contributed by atoms with Gasteiger partial charge in [-0.1, -0.05) is 74.6 Å². The Balaban J connectivity index is 3.69. The Hall–Kier alpha value is -1.87. The summed E-state index contributed by atoms with van der Waals surface area (Å²) in [4.78, 5) is 12.1. The Morgan fingerprint density at radius 2 is 1.26 bits per heavy atom. The van der Waals surface area contributed by atoms with Crippen molar-refractivity contribution in [1.82, 2.24) is 5.32 Å². The number of allylic oxidation sites excluding steroid dienone is 10. The van der Waals surface area contributed by atoms with Crippen molar-refractivity contribution in [3.8, 4) is 0 Å². The van der Waals surface area contributed by atoms with Gasteiger partial charge in [0.15, 0.2) is 0 Å². The van der Waals surface area contributed by atoms with Gasteiger partial charge in [0.2, 0.25) is 5.91 Å². The molecule has 1 N–H and O–H groups in total. The first-order valence-electron chi connectivity index (χ1n) is 12.1. The summed E-state index contributed by atoms with van der Waals surface area (Å²) in [5.74, 6) is -0.00664. The molecule has 0 bridgehead atoms. The highest BCUT2D eigenvalue weighted by Crippen LogP contribution is 2.06. The predicted octanol–water partition coefficient (Wildman–Crippen LogP) is 7.62. The average molecular weight is 430 g/mol. The molecular weight excluding hydrogens is 382 g/mol. The lowest BCUT2D eigenvalue weighted by atomic mass is 10.1. The molecule has 0 heterocycles. The van der Waals surface area contributed by atoms with Gasteiger partial charge in [-0.3, -0.25) is 4.79 Å². The van der Waals surface area contributed by atoms with E-state index in [1.54, 1.807) is 0 Å². The summed E-state index contributed by atoms with van der Waals surface area (Å²) in [5, 5.41) is 2.99. The van der Waals surface area contributed by atoms with E-state index in [2.05, 4.69) is 73.0 Å². The SMILES string of the molecule is CC/C=C\C/C=C\C/C=C\C/C=C\C/C=C\CCCCOC(CC)C(=O)NC(C)(C)C. The lowest BCUT2D eigenvalue weighted by Gasteiger charge is -2.24. The fraction of sp³-hybridized carbons (Fsp3) is 0.607. The molecule has 0 fully saturated rings. The van der Waals surface area contributed by atoms with Crippen LogP contribution in [0.5, 0.6) is 0 Å². The second-order valence-corrected chi connectivity index (χ2v) is 8.71. The van der Waals surface area contributed by atoms with Crippen molar-refractivity contribution < 1.29 is 9.53 Å². The average Bonchev–Trinajstić information content (AvgIpc) is 2.71. The minimum atomic E-state index is -0.340. The Bertz CT molecular complexity index is 576. The van der Waals surface area contributed by atoms with Crippen molar-refractivity contribution in [2.24, 2.45) is 0 Å². The molecule has 0 aromatic rings. The molecule has 1 unspecified atom stereocenters. The topological polar surface area (TPSA) is 38.3 Å². The van der Waals surface area contributed by atoms with E-state index in [0.29, 0.717) is 13.0 Å². The highest BCUT2D eigenvalue weighted by molar-refractivity contribution is 5.81. The highest BCUT2D eigenvalue weighted by atomic mass is 16.5. The van der Waals surface area contributed by atoms with Gasteiger partial charge in [0.05, 0.1) is 0 Å². The van der Waals surface area contributed by atoms with Crippen molar-refractivity contribution in [3.05, 3.63) is 60.8 Å². The largest absolute Gasteiger partial charge is 0.368 e. The zero-order valence-corrected chi connectivity index (χ0v) is 20.7. The van der Waals surface area contributed by atoms with Gasteiger partial charge in [-0.2, -0.15) is 0 Å². The van der Waals surface area contributed by atoms with Crippen molar-refractivity contribution in [3.63, 3.8) is 0 Å². The van der Waals surface area contributed by atoms with E-state index >= 15 is 0 Å². The van der Waals surface area contributed by atoms with Gasteiger partial charge in [0.25, 0.3) is 0 Å². The minimum absolute atomic E-state index is 0.00664. The maximum Gasteiger partial charge on any atom is 0.249 e. The molecule has 0 aromatic heterocycles. The van der Waals surface area contributed by atoms with Gasteiger partial charge < -0.3 is 10.1 Å². The van der Waals surface area contributed by atoms with Crippen LogP contribution in [0.1, 0.15) is 92.4 Å². The second-order valence-electron chi connectivity index (χ2n) is 8.71. The van der Waals surface area contributed by atoms with Crippen molar-refractivity contribution in [2.75, 3.05) is 6.61 Å². The number of nitrogens with one attached hydrogen (secondary N) is 1. The lowest BCUT2D eigenvalue weighted by Crippen LogP contribution is -2.46. The first-order chi connectivity index (χ1) is 14.9. The molecule has 0 saturated carbocycles. The fourth-order valence-electron chi connectivity index (χ4n) is 2.79. The van der Waals surface area contributed by atoms with E-state index in [1.165, 1.54) is 0 Å². The van der Waals surface area contributed by atoms with E-state index in [4.69, 9.17) is 4.74 Å². The van der Waals surface area contributed by atoms with Crippen LogP contribution < -0.4 is 5.32 Å². The van der Waals surface area contributed by atoms with Crippen LogP contribution in [0, 0.1) is 0 Å². The van der Waals surface area contributed by atoms with Crippen molar-refractivity contribution in [1.29, 1.82) is 0 Å². The summed E-state index contributed by atoms with van der Waals surface area (Å²) in [5.41, 5.74) is -0.216. The smallest absolute Gasteiger partial charge is 0.249 e. The Kier molecular flexibility index (Phi) is 18.8. The quantitative estimate of drug-likeness (QED) is 0.191. The highest BCUT2D eigenvalue weighted by Gasteiger charge is 2.21. The summed E-state index contributed by atoms with van der Waals surface area (Å²) in [6.07, 6.45) is 30.8. The van der Waals surface area contributed by atoms with Gasteiger partial charge in [-0.05, 0) is 78.6 Å². The molecule has 0 spiro atoms. The summed E-state index contributed by atoms with van der Waals surface area (Å²) < 4.78 is 5.77. The number of carbonyl (C=O) groups excluding carboxylic acids is 1. The summed E-state index contributed by atoms with van der Waals surface area (Å²) in [6.45, 7) is 10.8.